The Labute approximate surface area is 143 Å². The van der Waals surface area contributed by atoms with E-state index >= 15 is 0 Å². The Morgan fingerprint density at radius 2 is 1.96 bits per heavy atom. The summed E-state index contributed by atoms with van der Waals surface area (Å²) in [6.45, 7) is 4.43. The molecule has 2 fully saturated rings. The molecule has 3 aliphatic rings. The molecule has 3 aliphatic carbocycles. The van der Waals surface area contributed by atoms with Gasteiger partial charge in [-0.1, -0.05) is 19.8 Å². The van der Waals surface area contributed by atoms with Crippen molar-refractivity contribution in [1.29, 1.82) is 0 Å². The van der Waals surface area contributed by atoms with E-state index < -0.39 is 5.60 Å². The lowest BCUT2D eigenvalue weighted by atomic mass is 9.51. The number of terminal acetylenes is 1. The number of phenols is 2. The topological polar surface area (TPSA) is 60.7 Å². The van der Waals surface area contributed by atoms with Gasteiger partial charge in [0.25, 0.3) is 0 Å². The SMILES string of the molecule is C#C[C@]1(O)CC[C@H]2[C@@H]3[C@H](C)Cc4cc(O)cc(O)c4[C@H]3CC[C@@]21C. The number of benzene rings is 1. The van der Waals surface area contributed by atoms with Gasteiger partial charge in [0.1, 0.15) is 17.1 Å². The highest BCUT2D eigenvalue weighted by molar-refractivity contribution is 5.50. The van der Waals surface area contributed by atoms with Crippen molar-refractivity contribution in [3.05, 3.63) is 23.3 Å². The summed E-state index contributed by atoms with van der Waals surface area (Å²) in [4.78, 5) is 0. The standard InChI is InChI=1S/C21H26O3/c1-4-21(24)8-6-16-18-12(2)9-13-10-14(22)11-17(23)19(13)15(18)5-7-20(16,21)3/h1,10-12,15-16,18,22-24H,5-9H2,2-3H3/t12-,15+,16+,18-,20+,21+/m1/s1. The molecule has 2 saturated carbocycles. The number of rotatable bonds is 0. The van der Waals surface area contributed by atoms with Gasteiger partial charge < -0.3 is 15.3 Å². The second kappa shape index (κ2) is 4.92. The first-order valence-electron chi connectivity index (χ1n) is 9.05. The summed E-state index contributed by atoms with van der Waals surface area (Å²) in [7, 11) is 0. The normalized spacial score (nSPS) is 43.4. The van der Waals surface area contributed by atoms with Crippen molar-refractivity contribution < 1.29 is 15.3 Å². The lowest BCUT2D eigenvalue weighted by molar-refractivity contribution is -0.0735. The fourth-order valence-corrected chi connectivity index (χ4v) is 6.34. The van der Waals surface area contributed by atoms with Gasteiger partial charge in [-0.15, -0.1) is 6.42 Å². The molecule has 1 aromatic rings. The number of phenolic OH excluding ortho intramolecular Hbond substituents is 2. The summed E-state index contributed by atoms with van der Waals surface area (Å²) in [5.74, 6) is 4.62. The average Bonchev–Trinajstić information content (AvgIpc) is 2.79. The van der Waals surface area contributed by atoms with Crippen molar-refractivity contribution in [1.82, 2.24) is 0 Å². The molecule has 24 heavy (non-hydrogen) atoms. The highest BCUT2D eigenvalue weighted by Crippen LogP contribution is 2.65. The molecule has 3 N–H and O–H groups in total. The molecule has 6 atom stereocenters. The van der Waals surface area contributed by atoms with Crippen molar-refractivity contribution in [2.24, 2.45) is 23.2 Å². The van der Waals surface area contributed by atoms with Crippen LogP contribution >= 0.6 is 0 Å². The Balaban J connectivity index is 1.80. The largest absolute Gasteiger partial charge is 0.508 e. The second-order valence-electron chi connectivity index (χ2n) is 8.51. The van der Waals surface area contributed by atoms with Crippen molar-refractivity contribution in [3.8, 4) is 23.8 Å². The van der Waals surface area contributed by atoms with Crippen LogP contribution in [0.15, 0.2) is 12.1 Å². The minimum Gasteiger partial charge on any atom is -0.508 e. The van der Waals surface area contributed by atoms with Crippen LogP contribution in [0.5, 0.6) is 11.5 Å². The molecule has 128 valence electrons. The summed E-state index contributed by atoms with van der Waals surface area (Å²) in [5.41, 5.74) is 0.866. The smallest absolute Gasteiger partial charge is 0.130 e. The van der Waals surface area contributed by atoms with Gasteiger partial charge in [-0.2, -0.15) is 0 Å². The second-order valence-corrected chi connectivity index (χ2v) is 8.51. The molecule has 0 heterocycles. The molecule has 3 nitrogen and oxygen atoms in total. The first-order chi connectivity index (χ1) is 11.3. The predicted molar refractivity (Wildman–Crippen MR) is 92.7 cm³/mol. The fourth-order valence-electron chi connectivity index (χ4n) is 6.34. The van der Waals surface area contributed by atoms with E-state index in [1.165, 1.54) is 6.07 Å². The van der Waals surface area contributed by atoms with Gasteiger partial charge in [0.15, 0.2) is 0 Å². The van der Waals surface area contributed by atoms with Gasteiger partial charge in [-0.25, -0.2) is 0 Å². The van der Waals surface area contributed by atoms with E-state index in [0.29, 0.717) is 30.1 Å². The van der Waals surface area contributed by atoms with Gasteiger partial charge >= 0.3 is 0 Å². The van der Waals surface area contributed by atoms with Crippen LogP contribution in [0.1, 0.15) is 56.6 Å². The summed E-state index contributed by atoms with van der Waals surface area (Å²) in [5, 5.41) is 31.3. The van der Waals surface area contributed by atoms with Gasteiger partial charge in [0, 0.05) is 17.0 Å². The molecule has 0 aliphatic heterocycles. The van der Waals surface area contributed by atoms with Crippen LogP contribution in [-0.2, 0) is 6.42 Å². The molecule has 0 saturated heterocycles. The van der Waals surface area contributed by atoms with E-state index in [-0.39, 0.29) is 16.9 Å². The Hall–Kier alpha value is -1.66. The first kappa shape index (κ1) is 15.8. The number of aliphatic hydroxyl groups is 1. The zero-order chi connectivity index (χ0) is 17.3. The molecule has 3 heteroatoms. The van der Waals surface area contributed by atoms with Crippen LogP contribution < -0.4 is 0 Å². The average molecular weight is 326 g/mol. The summed E-state index contributed by atoms with van der Waals surface area (Å²) in [6, 6.07) is 3.27. The molecule has 0 aromatic heterocycles. The van der Waals surface area contributed by atoms with Crippen LogP contribution in [0.2, 0.25) is 0 Å². The van der Waals surface area contributed by atoms with Crippen LogP contribution in [-0.4, -0.2) is 20.9 Å². The van der Waals surface area contributed by atoms with Crippen LogP contribution in [0.3, 0.4) is 0 Å². The summed E-state index contributed by atoms with van der Waals surface area (Å²) < 4.78 is 0. The van der Waals surface area contributed by atoms with Crippen LogP contribution in [0.25, 0.3) is 0 Å². The lowest BCUT2D eigenvalue weighted by Gasteiger charge is -2.54. The Morgan fingerprint density at radius 3 is 2.67 bits per heavy atom. The van der Waals surface area contributed by atoms with E-state index in [1.807, 2.05) is 6.07 Å². The van der Waals surface area contributed by atoms with Crippen LogP contribution in [0.4, 0.5) is 0 Å². The Morgan fingerprint density at radius 1 is 1.21 bits per heavy atom. The van der Waals surface area contributed by atoms with E-state index in [1.54, 1.807) is 0 Å². The molecule has 4 rings (SSSR count). The first-order valence-corrected chi connectivity index (χ1v) is 9.05. The third-order valence-electron chi connectivity index (χ3n) is 7.52. The number of aromatic hydroxyl groups is 2. The van der Waals surface area contributed by atoms with E-state index in [0.717, 1.165) is 36.8 Å². The third kappa shape index (κ3) is 1.84. The van der Waals surface area contributed by atoms with Crippen molar-refractivity contribution >= 4 is 0 Å². The minimum atomic E-state index is -1.00. The van der Waals surface area contributed by atoms with Gasteiger partial charge in [0.2, 0.25) is 0 Å². The zero-order valence-electron chi connectivity index (χ0n) is 14.4. The van der Waals surface area contributed by atoms with E-state index in [2.05, 4.69) is 19.8 Å². The Bertz CT molecular complexity index is 733. The van der Waals surface area contributed by atoms with Crippen molar-refractivity contribution in [2.75, 3.05) is 0 Å². The number of fused-ring (bicyclic) bond motifs is 5. The molecule has 1 aromatic carbocycles. The molecular formula is C21H26O3. The van der Waals surface area contributed by atoms with E-state index in [4.69, 9.17) is 6.42 Å². The zero-order valence-corrected chi connectivity index (χ0v) is 14.4. The Kier molecular flexibility index (Phi) is 3.25. The van der Waals surface area contributed by atoms with Crippen molar-refractivity contribution in [3.63, 3.8) is 0 Å². The minimum absolute atomic E-state index is 0.139. The summed E-state index contributed by atoms with van der Waals surface area (Å²) in [6.07, 6.45) is 10.0. The highest BCUT2D eigenvalue weighted by atomic mass is 16.3. The molecule has 0 amide bonds. The maximum atomic E-state index is 11.0. The van der Waals surface area contributed by atoms with Gasteiger partial charge in [-0.05, 0) is 67.4 Å². The molecule has 0 spiro atoms. The molecule has 0 bridgehead atoms. The molecule has 0 unspecified atom stereocenters. The quantitative estimate of drug-likeness (QED) is 0.639. The number of hydrogen-bond donors (Lipinski definition) is 3. The maximum Gasteiger partial charge on any atom is 0.130 e. The predicted octanol–water partition coefficient (Wildman–Crippen LogP) is 3.56. The van der Waals surface area contributed by atoms with Crippen molar-refractivity contribution in [2.45, 2.75) is 57.5 Å². The fraction of sp³-hybridized carbons (Fsp3) is 0.619. The third-order valence-corrected chi connectivity index (χ3v) is 7.52. The van der Waals surface area contributed by atoms with Crippen LogP contribution in [0, 0.1) is 35.5 Å². The maximum absolute atomic E-state index is 11.0. The summed E-state index contributed by atoms with van der Waals surface area (Å²) >= 11 is 0. The molecule has 0 radical (unpaired) electrons. The lowest BCUT2D eigenvalue weighted by Crippen LogP contribution is -2.51. The van der Waals surface area contributed by atoms with Gasteiger partial charge in [-0.3, -0.25) is 0 Å². The molecular weight excluding hydrogens is 300 g/mol. The van der Waals surface area contributed by atoms with E-state index in [9.17, 15) is 15.3 Å². The number of hydrogen-bond acceptors (Lipinski definition) is 3. The van der Waals surface area contributed by atoms with Gasteiger partial charge in [0.05, 0.1) is 0 Å². The monoisotopic (exact) mass is 326 g/mol. The highest BCUT2D eigenvalue weighted by Gasteiger charge is 2.62.